The fraction of sp³-hybridized carbons (Fsp3) is 0.0476. The highest BCUT2D eigenvalue weighted by atomic mass is 19.1. The van der Waals surface area contributed by atoms with Crippen molar-refractivity contribution in [3.8, 4) is 11.5 Å². The molecule has 0 aliphatic carbocycles. The zero-order valence-electron chi connectivity index (χ0n) is 15.4. The van der Waals surface area contributed by atoms with Crippen molar-refractivity contribution in [2.45, 2.75) is 0 Å². The van der Waals surface area contributed by atoms with Gasteiger partial charge in [0, 0.05) is 11.8 Å². The number of amides is 1. The number of carbonyl (C=O) groups excluding carboxylic acids is 2. The Morgan fingerprint density at radius 3 is 2.43 bits per heavy atom. The summed E-state index contributed by atoms with van der Waals surface area (Å²) in [4.78, 5) is 34.0. The predicted octanol–water partition coefficient (Wildman–Crippen LogP) is 4.32. The largest absolute Gasteiger partial charge is 0.457 e. The molecule has 0 aromatic heterocycles. The van der Waals surface area contributed by atoms with Crippen molar-refractivity contribution in [3.05, 3.63) is 94.3 Å². The topological polar surface area (TPSA) is 108 Å². The minimum Gasteiger partial charge on any atom is -0.457 e. The number of ether oxygens (including phenoxy) is 2. The van der Waals surface area contributed by atoms with Gasteiger partial charge in [0.25, 0.3) is 5.91 Å². The van der Waals surface area contributed by atoms with E-state index >= 15 is 0 Å². The number of nitrogens with zero attached hydrogens (tertiary/aromatic N) is 1. The Morgan fingerprint density at radius 2 is 1.70 bits per heavy atom. The summed E-state index contributed by atoms with van der Waals surface area (Å²) in [6.45, 7) is -0.631. The summed E-state index contributed by atoms with van der Waals surface area (Å²) in [5.74, 6) is -1.51. The van der Waals surface area contributed by atoms with Crippen LogP contribution in [0, 0.1) is 15.9 Å². The van der Waals surface area contributed by atoms with E-state index in [0.29, 0.717) is 11.5 Å². The SMILES string of the molecule is O=C(COC(=O)c1cccc(Oc2ccccc2)c1)Nc1ccc(F)c([N+](=O)[O-])c1. The Morgan fingerprint density at radius 1 is 0.967 bits per heavy atom. The molecule has 0 fully saturated rings. The van der Waals surface area contributed by atoms with Gasteiger partial charge in [0.2, 0.25) is 5.82 Å². The van der Waals surface area contributed by atoms with Gasteiger partial charge in [-0.25, -0.2) is 4.79 Å². The number of hydrogen-bond donors (Lipinski definition) is 1. The molecule has 0 unspecified atom stereocenters. The second-order valence-electron chi connectivity index (χ2n) is 5.99. The van der Waals surface area contributed by atoms with Crippen LogP contribution in [-0.2, 0) is 9.53 Å². The van der Waals surface area contributed by atoms with Crippen molar-refractivity contribution < 1.29 is 28.4 Å². The van der Waals surface area contributed by atoms with E-state index in [1.54, 1.807) is 24.3 Å². The summed E-state index contributed by atoms with van der Waals surface area (Å²) in [7, 11) is 0. The summed E-state index contributed by atoms with van der Waals surface area (Å²) in [5.41, 5.74) is -0.601. The van der Waals surface area contributed by atoms with Gasteiger partial charge < -0.3 is 14.8 Å². The van der Waals surface area contributed by atoms with Gasteiger partial charge in [-0.1, -0.05) is 24.3 Å². The smallest absolute Gasteiger partial charge is 0.338 e. The first-order valence-corrected chi connectivity index (χ1v) is 8.66. The lowest BCUT2D eigenvalue weighted by Gasteiger charge is -2.09. The van der Waals surface area contributed by atoms with E-state index in [-0.39, 0.29) is 11.3 Å². The highest BCUT2D eigenvalue weighted by Crippen LogP contribution is 2.23. The fourth-order valence-corrected chi connectivity index (χ4v) is 2.45. The van der Waals surface area contributed by atoms with Crippen molar-refractivity contribution in [2.24, 2.45) is 0 Å². The van der Waals surface area contributed by atoms with Gasteiger partial charge in [0.1, 0.15) is 11.5 Å². The third-order valence-corrected chi connectivity index (χ3v) is 3.81. The van der Waals surface area contributed by atoms with Crippen LogP contribution in [0.15, 0.2) is 72.8 Å². The lowest BCUT2D eigenvalue weighted by molar-refractivity contribution is -0.387. The van der Waals surface area contributed by atoms with E-state index in [1.807, 2.05) is 18.2 Å². The summed E-state index contributed by atoms with van der Waals surface area (Å²) in [6, 6.07) is 18.1. The van der Waals surface area contributed by atoms with Gasteiger partial charge in [0.05, 0.1) is 10.5 Å². The lowest BCUT2D eigenvalue weighted by atomic mass is 10.2. The van der Waals surface area contributed by atoms with Gasteiger partial charge in [-0.3, -0.25) is 14.9 Å². The number of rotatable bonds is 7. The second-order valence-corrected chi connectivity index (χ2v) is 5.99. The number of esters is 1. The van der Waals surface area contributed by atoms with E-state index in [0.717, 1.165) is 18.2 Å². The van der Waals surface area contributed by atoms with Crippen LogP contribution in [0.25, 0.3) is 0 Å². The summed E-state index contributed by atoms with van der Waals surface area (Å²) in [5, 5.41) is 13.1. The van der Waals surface area contributed by atoms with Crippen molar-refractivity contribution in [1.29, 1.82) is 0 Å². The van der Waals surface area contributed by atoms with Gasteiger partial charge in [-0.2, -0.15) is 4.39 Å². The first kappa shape index (κ1) is 20.5. The number of nitro groups is 1. The average molecular weight is 410 g/mol. The molecule has 0 heterocycles. The molecule has 0 spiro atoms. The molecular weight excluding hydrogens is 395 g/mol. The molecule has 1 N–H and O–H groups in total. The first-order valence-electron chi connectivity index (χ1n) is 8.66. The molecule has 1 amide bonds. The standard InChI is InChI=1S/C21H15FN2O6/c22-18-10-9-15(12-19(18)24(27)28)23-20(25)13-29-21(26)14-5-4-8-17(11-14)30-16-6-2-1-3-7-16/h1-12H,13H2,(H,23,25). The average Bonchev–Trinajstić information content (AvgIpc) is 2.74. The minimum atomic E-state index is -1.03. The van der Waals surface area contributed by atoms with Crippen molar-refractivity contribution in [3.63, 3.8) is 0 Å². The van der Waals surface area contributed by atoms with Gasteiger partial charge in [-0.15, -0.1) is 0 Å². The number of carbonyl (C=O) groups is 2. The highest BCUT2D eigenvalue weighted by molar-refractivity contribution is 5.95. The minimum absolute atomic E-state index is 0.00223. The normalized spacial score (nSPS) is 10.2. The maximum Gasteiger partial charge on any atom is 0.338 e. The molecule has 0 saturated heterocycles. The van der Waals surface area contributed by atoms with Gasteiger partial charge in [-0.05, 0) is 42.5 Å². The molecule has 3 aromatic carbocycles. The summed E-state index contributed by atoms with van der Waals surface area (Å²) >= 11 is 0. The summed E-state index contributed by atoms with van der Waals surface area (Å²) in [6.07, 6.45) is 0. The van der Waals surface area contributed by atoms with Gasteiger partial charge >= 0.3 is 11.7 Å². The van der Waals surface area contributed by atoms with Crippen LogP contribution in [0.1, 0.15) is 10.4 Å². The van der Waals surface area contributed by atoms with E-state index in [2.05, 4.69) is 5.32 Å². The summed E-state index contributed by atoms with van der Waals surface area (Å²) < 4.78 is 23.9. The van der Waals surface area contributed by atoms with Crippen LogP contribution in [0.5, 0.6) is 11.5 Å². The third-order valence-electron chi connectivity index (χ3n) is 3.81. The number of anilines is 1. The number of hydrogen-bond acceptors (Lipinski definition) is 6. The zero-order chi connectivity index (χ0) is 21.5. The molecule has 30 heavy (non-hydrogen) atoms. The van der Waals surface area contributed by atoms with Gasteiger partial charge in [0.15, 0.2) is 6.61 Å². The molecular formula is C21H15FN2O6. The van der Waals surface area contributed by atoms with Crippen LogP contribution < -0.4 is 10.1 Å². The molecule has 0 atom stereocenters. The zero-order valence-corrected chi connectivity index (χ0v) is 15.4. The Labute approximate surface area is 170 Å². The molecule has 0 bridgehead atoms. The number of halogens is 1. The highest BCUT2D eigenvalue weighted by Gasteiger charge is 2.16. The number of benzene rings is 3. The Kier molecular flexibility index (Phi) is 6.33. The lowest BCUT2D eigenvalue weighted by Crippen LogP contribution is -2.21. The maximum atomic E-state index is 13.3. The molecule has 152 valence electrons. The van der Waals surface area contributed by atoms with Crippen LogP contribution >= 0.6 is 0 Å². The van der Waals surface area contributed by atoms with Crippen molar-refractivity contribution in [1.82, 2.24) is 0 Å². The van der Waals surface area contributed by atoms with E-state index in [4.69, 9.17) is 9.47 Å². The maximum absolute atomic E-state index is 13.3. The Hall–Kier alpha value is -4.27. The third kappa shape index (κ3) is 5.38. The van der Waals surface area contributed by atoms with Crippen LogP contribution in [0.3, 0.4) is 0 Å². The molecule has 0 saturated carbocycles. The van der Waals surface area contributed by atoms with Crippen molar-refractivity contribution >= 4 is 23.3 Å². The Bertz CT molecular complexity index is 1090. The van der Waals surface area contributed by atoms with Crippen LogP contribution in [-0.4, -0.2) is 23.4 Å². The number of nitro benzene ring substituents is 1. The second kappa shape index (κ2) is 9.28. The number of para-hydroxylation sites is 1. The predicted molar refractivity (Wildman–Crippen MR) is 105 cm³/mol. The molecule has 8 nitrogen and oxygen atoms in total. The van der Waals surface area contributed by atoms with Crippen molar-refractivity contribution in [2.75, 3.05) is 11.9 Å². The van der Waals surface area contributed by atoms with Crippen LogP contribution in [0.4, 0.5) is 15.8 Å². The molecule has 3 rings (SSSR count). The molecule has 0 aliphatic rings. The van der Waals surface area contributed by atoms with Crippen LogP contribution in [0.2, 0.25) is 0 Å². The Balaban J connectivity index is 1.58. The fourth-order valence-electron chi connectivity index (χ4n) is 2.45. The molecule has 0 aliphatic heterocycles. The van der Waals surface area contributed by atoms with E-state index < -0.39 is 34.9 Å². The van der Waals surface area contributed by atoms with E-state index in [1.165, 1.54) is 12.1 Å². The number of nitrogens with one attached hydrogen (secondary N) is 1. The quantitative estimate of drug-likeness (QED) is 0.353. The first-order chi connectivity index (χ1) is 14.4. The molecule has 9 heteroatoms. The molecule has 0 radical (unpaired) electrons. The molecule has 3 aromatic rings. The monoisotopic (exact) mass is 410 g/mol. The van der Waals surface area contributed by atoms with E-state index in [9.17, 15) is 24.1 Å².